The minimum atomic E-state index is 0.0920. The number of nitrogens with two attached hydrogens (primary N) is 1. The largest absolute Gasteiger partial charge is 0.323 e. The van der Waals surface area contributed by atoms with E-state index in [4.69, 9.17) is 5.73 Å². The van der Waals surface area contributed by atoms with Crippen LogP contribution in [-0.4, -0.2) is 18.6 Å². The summed E-state index contributed by atoms with van der Waals surface area (Å²) in [6.45, 7) is 2.08. The molecule has 1 aliphatic carbocycles. The molecular weight excluding hydrogens is 124 g/mol. The maximum Gasteiger partial charge on any atom is 0.0359 e. The summed E-state index contributed by atoms with van der Waals surface area (Å²) in [7, 11) is 0. The molecule has 10 heavy (non-hydrogen) atoms. The molecule has 1 aliphatic heterocycles. The van der Waals surface area contributed by atoms with Gasteiger partial charge in [0.15, 0.2) is 0 Å². The molecule has 2 nitrogen and oxygen atoms in total. The van der Waals surface area contributed by atoms with E-state index in [-0.39, 0.29) is 5.54 Å². The predicted octanol–water partition coefficient (Wildman–Crippen LogP) is 0.253. The van der Waals surface area contributed by atoms with Gasteiger partial charge in [0.2, 0.25) is 0 Å². The highest BCUT2D eigenvalue weighted by molar-refractivity contribution is 5.12. The van der Waals surface area contributed by atoms with E-state index < -0.39 is 0 Å². The van der Waals surface area contributed by atoms with Gasteiger partial charge in [-0.1, -0.05) is 12.2 Å². The number of nitrogens with one attached hydrogen (secondary N) is 1. The monoisotopic (exact) mass is 138 g/mol. The topological polar surface area (TPSA) is 38.0 Å². The van der Waals surface area contributed by atoms with Crippen LogP contribution in [0.4, 0.5) is 0 Å². The molecule has 0 bridgehead atoms. The summed E-state index contributed by atoms with van der Waals surface area (Å²) in [5, 5.41) is 3.33. The van der Waals surface area contributed by atoms with Crippen molar-refractivity contribution in [3.8, 4) is 0 Å². The van der Waals surface area contributed by atoms with Gasteiger partial charge in [0, 0.05) is 24.5 Å². The second kappa shape index (κ2) is 2.07. The molecule has 0 radical (unpaired) electrons. The van der Waals surface area contributed by atoms with Crippen LogP contribution in [0, 0.1) is 5.92 Å². The number of hydrogen-bond donors (Lipinski definition) is 2. The van der Waals surface area contributed by atoms with Gasteiger partial charge in [-0.3, -0.25) is 0 Å². The van der Waals surface area contributed by atoms with Gasteiger partial charge in [0.25, 0.3) is 0 Å². The molecule has 2 atom stereocenters. The quantitative estimate of drug-likeness (QED) is 0.471. The fourth-order valence-corrected chi connectivity index (χ4v) is 1.94. The van der Waals surface area contributed by atoms with Crippen LogP contribution in [0.2, 0.25) is 0 Å². The van der Waals surface area contributed by atoms with E-state index in [1.165, 1.54) is 0 Å². The molecule has 2 heteroatoms. The number of allylic oxidation sites excluding steroid dienone is 1. The summed E-state index contributed by atoms with van der Waals surface area (Å²) in [6.07, 6.45) is 6.84. The van der Waals surface area contributed by atoms with Crippen molar-refractivity contribution in [2.45, 2.75) is 18.4 Å². The smallest absolute Gasteiger partial charge is 0.0359 e. The second-order valence-corrected chi connectivity index (χ2v) is 3.44. The van der Waals surface area contributed by atoms with Gasteiger partial charge in [-0.25, -0.2) is 0 Å². The summed E-state index contributed by atoms with van der Waals surface area (Å²) in [5.41, 5.74) is 6.24. The van der Waals surface area contributed by atoms with Gasteiger partial charge < -0.3 is 11.1 Å². The van der Waals surface area contributed by atoms with Gasteiger partial charge >= 0.3 is 0 Å². The van der Waals surface area contributed by atoms with Gasteiger partial charge in [-0.15, -0.1) is 0 Å². The maximum absolute atomic E-state index is 6.15. The molecule has 0 aromatic carbocycles. The first kappa shape index (κ1) is 6.38. The number of hydrogen-bond acceptors (Lipinski definition) is 2. The minimum Gasteiger partial charge on any atom is -0.323 e. The Morgan fingerprint density at radius 3 is 3.30 bits per heavy atom. The molecule has 0 spiro atoms. The summed E-state index contributed by atoms with van der Waals surface area (Å²) >= 11 is 0. The Labute approximate surface area is 61.5 Å². The second-order valence-electron chi connectivity index (χ2n) is 3.44. The fraction of sp³-hybridized carbons (Fsp3) is 0.750. The molecule has 1 fully saturated rings. The lowest BCUT2D eigenvalue weighted by atomic mass is 9.80. The van der Waals surface area contributed by atoms with Crippen LogP contribution in [-0.2, 0) is 0 Å². The van der Waals surface area contributed by atoms with Gasteiger partial charge in [0.1, 0.15) is 0 Å². The zero-order valence-electron chi connectivity index (χ0n) is 6.14. The first-order chi connectivity index (χ1) is 4.81. The summed E-state index contributed by atoms with van der Waals surface area (Å²) < 4.78 is 0. The van der Waals surface area contributed by atoms with Crippen LogP contribution in [0.1, 0.15) is 12.8 Å². The summed E-state index contributed by atoms with van der Waals surface area (Å²) in [5.74, 6) is 0.598. The minimum absolute atomic E-state index is 0.0920. The molecule has 0 amide bonds. The third-order valence-electron chi connectivity index (χ3n) is 2.70. The van der Waals surface area contributed by atoms with Crippen molar-refractivity contribution in [1.29, 1.82) is 0 Å². The van der Waals surface area contributed by atoms with Gasteiger partial charge in [0.05, 0.1) is 0 Å². The Kier molecular flexibility index (Phi) is 1.32. The molecule has 0 aromatic heterocycles. The highest BCUT2D eigenvalue weighted by Crippen LogP contribution is 2.29. The van der Waals surface area contributed by atoms with Crippen LogP contribution in [0.5, 0.6) is 0 Å². The average Bonchev–Trinajstić information content (AvgIpc) is 2.29. The van der Waals surface area contributed by atoms with Crippen molar-refractivity contribution in [3.63, 3.8) is 0 Å². The fourth-order valence-electron chi connectivity index (χ4n) is 1.94. The Balaban J connectivity index is 2.22. The lowest BCUT2D eigenvalue weighted by molar-refractivity contribution is 0.357. The van der Waals surface area contributed by atoms with E-state index in [9.17, 15) is 0 Å². The van der Waals surface area contributed by atoms with Crippen molar-refractivity contribution in [1.82, 2.24) is 5.32 Å². The predicted molar refractivity (Wildman–Crippen MR) is 41.7 cm³/mol. The van der Waals surface area contributed by atoms with Gasteiger partial charge in [-0.2, -0.15) is 0 Å². The van der Waals surface area contributed by atoms with E-state index in [1.54, 1.807) is 0 Å². The third-order valence-corrected chi connectivity index (χ3v) is 2.70. The molecule has 0 saturated carbocycles. The van der Waals surface area contributed by atoms with Crippen LogP contribution in [0.3, 0.4) is 0 Å². The zero-order chi connectivity index (χ0) is 7.03. The van der Waals surface area contributed by atoms with Crippen molar-refractivity contribution < 1.29 is 0 Å². The first-order valence-corrected chi connectivity index (χ1v) is 3.97. The van der Waals surface area contributed by atoms with Crippen LogP contribution in [0.15, 0.2) is 12.2 Å². The molecule has 0 aromatic rings. The van der Waals surface area contributed by atoms with Crippen molar-refractivity contribution >= 4 is 0 Å². The van der Waals surface area contributed by atoms with E-state index >= 15 is 0 Å². The molecule has 1 heterocycles. The average molecular weight is 138 g/mol. The Bertz CT molecular complexity index is 165. The normalized spacial score (nSPS) is 45.5. The van der Waals surface area contributed by atoms with Crippen LogP contribution in [0.25, 0.3) is 0 Å². The molecule has 2 aliphatic rings. The highest BCUT2D eigenvalue weighted by Gasteiger charge is 2.38. The molecule has 2 rings (SSSR count). The van der Waals surface area contributed by atoms with Crippen LogP contribution < -0.4 is 11.1 Å². The third kappa shape index (κ3) is 0.796. The summed E-state index contributed by atoms with van der Waals surface area (Å²) in [6, 6.07) is 0. The zero-order valence-corrected chi connectivity index (χ0v) is 6.14. The Morgan fingerprint density at radius 1 is 1.60 bits per heavy atom. The maximum atomic E-state index is 6.15. The number of fused-ring (bicyclic) bond motifs is 1. The van der Waals surface area contributed by atoms with E-state index in [1.807, 2.05) is 0 Å². The van der Waals surface area contributed by atoms with Gasteiger partial charge in [-0.05, 0) is 12.8 Å². The standard InChI is InChI=1S/C8H14N2/c9-8-4-2-1-3-7(8)5-10-6-8/h1,3,7,10H,2,4-6,9H2. The lowest BCUT2D eigenvalue weighted by Gasteiger charge is -2.30. The molecular formula is C8H14N2. The van der Waals surface area contributed by atoms with E-state index in [0.717, 1.165) is 25.9 Å². The summed E-state index contributed by atoms with van der Waals surface area (Å²) in [4.78, 5) is 0. The highest BCUT2D eigenvalue weighted by atomic mass is 15.0. The Hall–Kier alpha value is -0.340. The van der Waals surface area contributed by atoms with E-state index in [2.05, 4.69) is 17.5 Å². The van der Waals surface area contributed by atoms with Crippen molar-refractivity contribution in [3.05, 3.63) is 12.2 Å². The molecule has 56 valence electrons. The molecule has 2 unspecified atom stereocenters. The lowest BCUT2D eigenvalue weighted by Crippen LogP contribution is -2.47. The van der Waals surface area contributed by atoms with Crippen LogP contribution >= 0.6 is 0 Å². The molecule has 3 N–H and O–H groups in total. The molecule has 1 saturated heterocycles. The van der Waals surface area contributed by atoms with Crippen molar-refractivity contribution in [2.75, 3.05) is 13.1 Å². The Morgan fingerprint density at radius 2 is 2.50 bits per heavy atom. The number of rotatable bonds is 0. The first-order valence-electron chi connectivity index (χ1n) is 3.97. The SMILES string of the molecule is NC12CCC=CC1CNC2. The van der Waals surface area contributed by atoms with E-state index in [0.29, 0.717) is 5.92 Å². The van der Waals surface area contributed by atoms with Crippen molar-refractivity contribution in [2.24, 2.45) is 11.7 Å².